The summed E-state index contributed by atoms with van der Waals surface area (Å²) in [4.78, 5) is 0. The van der Waals surface area contributed by atoms with Crippen molar-refractivity contribution in [3.05, 3.63) is 0 Å². The molecule has 0 aromatic carbocycles. The second-order valence-electron chi connectivity index (χ2n) is 1.77. The summed E-state index contributed by atoms with van der Waals surface area (Å²) in [7, 11) is 3.12. The van der Waals surface area contributed by atoms with Crippen molar-refractivity contribution in [1.82, 2.24) is 0 Å². The molecular weight excluding hydrogens is 227 g/mol. The van der Waals surface area contributed by atoms with E-state index in [1.165, 1.54) is 0 Å². The summed E-state index contributed by atoms with van der Waals surface area (Å²) in [6.07, 6.45) is 0. The van der Waals surface area contributed by atoms with Crippen LogP contribution in [0.1, 0.15) is 13.8 Å². The van der Waals surface area contributed by atoms with Crippen LogP contribution in [0.15, 0.2) is 0 Å². The Morgan fingerprint density at radius 2 is 1.27 bits per heavy atom. The quantitative estimate of drug-likeness (QED) is 0.702. The van der Waals surface area contributed by atoms with Crippen molar-refractivity contribution in [3.8, 4) is 0 Å². The van der Waals surface area contributed by atoms with Crippen molar-refractivity contribution < 1.29 is 33.3 Å². The van der Waals surface area contributed by atoms with Crippen LogP contribution in [0.2, 0.25) is 0 Å². The molecule has 5 heteroatoms. The standard InChI is InChI=1S/2C2H5O.2CH3O.Zr/c2*1-2-3;2*1-2;/h2*2H2,1H3;2*1H3;/q4*-1;+4. The van der Waals surface area contributed by atoms with Gasteiger partial charge < -0.3 is 0 Å². The van der Waals surface area contributed by atoms with E-state index in [2.05, 4.69) is 0 Å². The van der Waals surface area contributed by atoms with Crippen molar-refractivity contribution in [2.75, 3.05) is 27.4 Å². The van der Waals surface area contributed by atoms with Crippen molar-refractivity contribution in [2.24, 2.45) is 0 Å². The molecular formula is C6H16O4Zr. The van der Waals surface area contributed by atoms with Crippen LogP contribution in [0, 0.1) is 0 Å². The van der Waals surface area contributed by atoms with Gasteiger partial charge >= 0.3 is 74.6 Å². The van der Waals surface area contributed by atoms with Crippen molar-refractivity contribution >= 4 is 0 Å². The fraction of sp³-hybridized carbons (Fsp3) is 1.00. The molecule has 0 saturated heterocycles. The molecule has 0 bridgehead atoms. The zero-order chi connectivity index (χ0) is 8.74. The molecule has 0 aromatic heterocycles. The third kappa shape index (κ3) is 3.76. The predicted molar refractivity (Wildman–Crippen MR) is 37.3 cm³/mol. The maximum atomic E-state index is 5.31. The Balaban J connectivity index is 3.96. The fourth-order valence-corrected chi connectivity index (χ4v) is 4.23. The van der Waals surface area contributed by atoms with E-state index in [1.807, 2.05) is 13.8 Å². The molecule has 0 aromatic rings. The van der Waals surface area contributed by atoms with Crippen LogP contribution in [-0.2, 0) is 33.3 Å². The Hall–Kier alpha value is 0.723. The molecule has 0 spiro atoms. The van der Waals surface area contributed by atoms with Crippen LogP contribution in [-0.4, -0.2) is 27.4 Å². The second kappa shape index (κ2) is 6.26. The summed E-state index contributed by atoms with van der Waals surface area (Å²) in [6.45, 7) is 4.92. The van der Waals surface area contributed by atoms with Gasteiger partial charge in [-0.3, -0.25) is 0 Å². The van der Waals surface area contributed by atoms with Crippen LogP contribution < -0.4 is 0 Å². The van der Waals surface area contributed by atoms with Crippen LogP contribution in [0.5, 0.6) is 0 Å². The van der Waals surface area contributed by atoms with Gasteiger partial charge in [-0.15, -0.1) is 0 Å². The molecule has 68 valence electrons. The summed E-state index contributed by atoms with van der Waals surface area (Å²) in [5, 5.41) is 0. The van der Waals surface area contributed by atoms with Crippen molar-refractivity contribution in [3.63, 3.8) is 0 Å². The zero-order valence-electron chi connectivity index (χ0n) is 7.55. The molecule has 0 atom stereocenters. The van der Waals surface area contributed by atoms with E-state index in [4.69, 9.17) is 11.3 Å². The first-order valence-electron chi connectivity index (χ1n) is 3.62. The van der Waals surface area contributed by atoms with Gasteiger partial charge in [-0.2, -0.15) is 0 Å². The first-order valence-corrected chi connectivity index (χ1v) is 7.64. The van der Waals surface area contributed by atoms with Crippen LogP contribution >= 0.6 is 0 Å². The number of hydrogen-bond donors (Lipinski definition) is 0. The summed E-state index contributed by atoms with van der Waals surface area (Å²) in [6, 6.07) is 0. The van der Waals surface area contributed by atoms with E-state index >= 15 is 0 Å². The van der Waals surface area contributed by atoms with E-state index in [0.29, 0.717) is 13.2 Å². The van der Waals surface area contributed by atoms with E-state index in [1.54, 1.807) is 14.2 Å². The Labute approximate surface area is 74.7 Å². The number of hydrogen-bond acceptors (Lipinski definition) is 4. The van der Waals surface area contributed by atoms with Gasteiger partial charge in [0.2, 0.25) is 0 Å². The molecule has 4 nitrogen and oxygen atoms in total. The molecule has 0 N–H and O–H groups in total. The summed E-state index contributed by atoms with van der Waals surface area (Å²) in [5.74, 6) is 0. The molecule has 0 heterocycles. The van der Waals surface area contributed by atoms with Gasteiger partial charge in [0.1, 0.15) is 0 Å². The topological polar surface area (TPSA) is 36.9 Å². The van der Waals surface area contributed by atoms with Crippen LogP contribution in [0.4, 0.5) is 0 Å². The van der Waals surface area contributed by atoms with Gasteiger partial charge in [0, 0.05) is 0 Å². The first-order chi connectivity index (χ1) is 5.24. The SMILES string of the molecule is CC[O][Zr]([O]C)([O]C)[O]CC. The summed E-state index contributed by atoms with van der Waals surface area (Å²) < 4.78 is 20.8. The average molecular weight is 243 g/mol. The Bertz CT molecular complexity index is 86.6. The van der Waals surface area contributed by atoms with Crippen LogP contribution in [0.3, 0.4) is 0 Å². The van der Waals surface area contributed by atoms with Crippen molar-refractivity contribution in [1.29, 1.82) is 0 Å². The minimum absolute atomic E-state index is 0.567. The fourth-order valence-electron chi connectivity index (χ4n) is 0.714. The summed E-state index contributed by atoms with van der Waals surface area (Å²) in [5.41, 5.74) is 0. The Morgan fingerprint density at radius 3 is 1.45 bits per heavy atom. The van der Waals surface area contributed by atoms with Crippen LogP contribution in [0.25, 0.3) is 0 Å². The summed E-state index contributed by atoms with van der Waals surface area (Å²) >= 11 is -3.47. The van der Waals surface area contributed by atoms with E-state index in [-0.39, 0.29) is 0 Å². The molecule has 0 unspecified atom stereocenters. The van der Waals surface area contributed by atoms with E-state index < -0.39 is 22.0 Å². The average Bonchev–Trinajstić information content (AvgIpc) is 2.04. The van der Waals surface area contributed by atoms with E-state index in [0.717, 1.165) is 0 Å². The Morgan fingerprint density at radius 1 is 0.909 bits per heavy atom. The molecule has 0 aliphatic rings. The third-order valence-corrected chi connectivity index (χ3v) is 6.76. The van der Waals surface area contributed by atoms with Gasteiger partial charge in [-0.05, 0) is 0 Å². The molecule has 0 aliphatic heterocycles. The molecule has 0 fully saturated rings. The van der Waals surface area contributed by atoms with Gasteiger partial charge in [0.15, 0.2) is 0 Å². The van der Waals surface area contributed by atoms with Crippen molar-refractivity contribution in [2.45, 2.75) is 13.8 Å². The third-order valence-electron chi connectivity index (χ3n) is 1.14. The molecule has 0 aliphatic carbocycles. The normalized spacial score (nSPS) is 12.0. The Kier molecular flexibility index (Phi) is 6.67. The molecule has 0 amide bonds. The van der Waals surface area contributed by atoms with E-state index in [9.17, 15) is 0 Å². The molecule has 0 saturated carbocycles. The maximum absolute atomic E-state index is 5.31. The monoisotopic (exact) mass is 242 g/mol. The second-order valence-corrected chi connectivity index (χ2v) is 7.66. The molecule has 0 rings (SSSR count). The predicted octanol–water partition coefficient (Wildman–Crippen LogP) is 1.17. The number of rotatable bonds is 6. The van der Waals surface area contributed by atoms with Gasteiger partial charge in [-0.1, -0.05) is 0 Å². The van der Waals surface area contributed by atoms with Gasteiger partial charge in [0.05, 0.1) is 0 Å². The zero-order valence-corrected chi connectivity index (χ0v) is 10.0. The van der Waals surface area contributed by atoms with Gasteiger partial charge in [0.25, 0.3) is 0 Å². The molecule has 11 heavy (non-hydrogen) atoms. The first kappa shape index (κ1) is 11.7. The molecule has 0 radical (unpaired) electrons. The van der Waals surface area contributed by atoms with Gasteiger partial charge in [-0.25, -0.2) is 0 Å². The minimum atomic E-state index is -3.47.